The monoisotopic (exact) mass is 504 g/mol. The number of primary amides is 1. The quantitative estimate of drug-likeness (QED) is 0.355. The number of carbonyl (C=O) groups is 2. The number of nitrogens with one attached hydrogen (secondary N) is 1. The van der Waals surface area contributed by atoms with Crippen LogP contribution < -0.4 is 15.8 Å². The molecule has 1 aliphatic rings. The van der Waals surface area contributed by atoms with E-state index in [1.807, 2.05) is 34.9 Å². The third-order valence-electron chi connectivity index (χ3n) is 5.98. The zero-order valence-corrected chi connectivity index (χ0v) is 19.8. The highest BCUT2D eigenvalue weighted by Crippen LogP contribution is 2.38. The van der Waals surface area contributed by atoms with Gasteiger partial charge in [0.25, 0.3) is 5.91 Å². The third kappa shape index (κ3) is 4.63. The van der Waals surface area contributed by atoms with Crippen molar-refractivity contribution < 1.29 is 18.7 Å². The normalized spacial score (nSPS) is 12.7. The molecule has 182 valence electrons. The summed E-state index contributed by atoms with van der Waals surface area (Å²) >= 11 is 6.62. The van der Waals surface area contributed by atoms with Gasteiger partial charge in [-0.25, -0.2) is 9.18 Å². The zero-order chi connectivity index (χ0) is 25.2. The highest BCUT2D eigenvalue weighted by Gasteiger charge is 2.31. The fraction of sp³-hybridized carbons (Fsp3) is 0.111. The van der Waals surface area contributed by atoms with E-state index >= 15 is 0 Å². The Labute approximate surface area is 211 Å². The second kappa shape index (κ2) is 9.75. The Kier molecular flexibility index (Phi) is 6.35. The lowest BCUT2D eigenvalue weighted by Crippen LogP contribution is -2.41. The molecule has 1 aromatic heterocycles. The van der Waals surface area contributed by atoms with Crippen LogP contribution in [0, 0.1) is 5.82 Å². The van der Waals surface area contributed by atoms with Gasteiger partial charge in [0.05, 0.1) is 28.5 Å². The number of ether oxygens (including phenoxy) is 1. The molecule has 4 aromatic rings. The second-order valence-electron chi connectivity index (χ2n) is 8.30. The van der Waals surface area contributed by atoms with Crippen molar-refractivity contribution in [2.75, 3.05) is 11.9 Å². The Morgan fingerprint density at radius 2 is 1.56 bits per heavy atom. The molecule has 5 rings (SSSR count). The molecule has 0 unspecified atom stereocenters. The van der Waals surface area contributed by atoms with E-state index in [4.69, 9.17) is 22.1 Å². The van der Waals surface area contributed by atoms with Gasteiger partial charge in [-0.2, -0.15) is 0 Å². The van der Waals surface area contributed by atoms with Crippen LogP contribution in [0.25, 0.3) is 11.3 Å². The summed E-state index contributed by atoms with van der Waals surface area (Å²) in [5, 5.41) is 3.16. The molecule has 0 saturated heterocycles. The first-order valence-electron chi connectivity index (χ1n) is 11.3. The van der Waals surface area contributed by atoms with Gasteiger partial charge in [-0.15, -0.1) is 0 Å². The number of fused-ring (bicyclic) bond motifs is 1. The number of nitrogens with two attached hydrogens (primary N) is 1. The molecule has 0 radical (unpaired) electrons. The molecule has 0 spiro atoms. The van der Waals surface area contributed by atoms with Crippen molar-refractivity contribution in [3.05, 3.63) is 101 Å². The van der Waals surface area contributed by atoms with Crippen LogP contribution in [0.3, 0.4) is 0 Å². The van der Waals surface area contributed by atoms with Crippen LogP contribution in [0.5, 0.6) is 11.5 Å². The smallest absolute Gasteiger partial charge is 0.322 e. The summed E-state index contributed by atoms with van der Waals surface area (Å²) in [5.74, 6) is 0.0738. The van der Waals surface area contributed by atoms with E-state index in [1.54, 1.807) is 29.2 Å². The van der Waals surface area contributed by atoms with E-state index in [1.165, 1.54) is 24.3 Å². The molecule has 0 fully saturated rings. The van der Waals surface area contributed by atoms with Gasteiger partial charge in [0, 0.05) is 18.8 Å². The minimum absolute atomic E-state index is 0.183. The number of rotatable bonds is 5. The van der Waals surface area contributed by atoms with Crippen molar-refractivity contribution in [3.63, 3.8) is 0 Å². The van der Waals surface area contributed by atoms with E-state index in [2.05, 4.69) is 5.32 Å². The van der Waals surface area contributed by atoms with E-state index in [9.17, 15) is 14.0 Å². The van der Waals surface area contributed by atoms with Crippen LogP contribution in [0.2, 0.25) is 5.02 Å². The number of halogens is 2. The summed E-state index contributed by atoms with van der Waals surface area (Å²) in [5.41, 5.74) is 8.67. The average Bonchev–Trinajstić information content (AvgIpc) is 3.18. The number of hydrogen-bond acceptors (Lipinski definition) is 3. The lowest BCUT2D eigenvalue weighted by molar-refractivity contribution is 0.0997. The van der Waals surface area contributed by atoms with Crippen LogP contribution in [0.1, 0.15) is 16.1 Å². The number of hydrogen-bond donors (Lipinski definition) is 2. The fourth-order valence-corrected chi connectivity index (χ4v) is 4.69. The van der Waals surface area contributed by atoms with Gasteiger partial charge in [0.2, 0.25) is 0 Å². The maximum atomic E-state index is 13.1. The summed E-state index contributed by atoms with van der Waals surface area (Å²) in [7, 11) is 0. The second-order valence-corrected chi connectivity index (χ2v) is 8.68. The first-order chi connectivity index (χ1) is 17.4. The first kappa shape index (κ1) is 23.4. The van der Waals surface area contributed by atoms with E-state index < -0.39 is 5.91 Å². The Balaban J connectivity index is 1.31. The number of nitrogens with zero attached hydrogens (tertiary/aromatic N) is 2. The minimum atomic E-state index is -0.634. The lowest BCUT2D eigenvalue weighted by Gasteiger charge is -2.30. The fourth-order valence-electron chi connectivity index (χ4n) is 4.28. The molecular weight excluding hydrogens is 483 g/mol. The first-order valence-corrected chi connectivity index (χ1v) is 11.6. The van der Waals surface area contributed by atoms with Crippen LogP contribution >= 0.6 is 11.6 Å². The molecule has 0 atom stereocenters. The molecule has 0 saturated carbocycles. The standard InChI is InChI=1S/C27H22ClFN4O3/c28-24-23(26(30)34)22-16-32(14-15-33(22)25(24)17-4-2-1-3-5-17)27(35)31-19-8-12-21(13-9-19)36-20-10-6-18(29)7-11-20/h1-13H,14-16H2,(H2,30,34)(H,31,35). The number of benzene rings is 3. The highest BCUT2D eigenvalue weighted by molar-refractivity contribution is 6.36. The predicted molar refractivity (Wildman–Crippen MR) is 136 cm³/mol. The Morgan fingerprint density at radius 1 is 0.917 bits per heavy atom. The number of anilines is 1. The predicted octanol–water partition coefficient (Wildman–Crippen LogP) is 5.89. The van der Waals surface area contributed by atoms with Crippen LogP contribution in [0.4, 0.5) is 14.9 Å². The van der Waals surface area contributed by atoms with Gasteiger partial charge in [-0.1, -0.05) is 41.9 Å². The summed E-state index contributed by atoms with van der Waals surface area (Å²) in [4.78, 5) is 26.9. The maximum absolute atomic E-state index is 13.1. The number of amides is 3. The van der Waals surface area contributed by atoms with E-state index in [0.29, 0.717) is 41.0 Å². The topological polar surface area (TPSA) is 89.6 Å². The minimum Gasteiger partial charge on any atom is -0.457 e. The average molecular weight is 505 g/mol. The molecule has 0 bridgehead atoms. The van der Waals surface area contributed by atoms with Crippen molar-refractivity contribution in [2.24, 2.45) is 5.73 Å². The molecular formula is C27H22ClFN4O3. The molecule has 9 heteroatoms. The van der Waals surface area contributed by atoms with Crippen molar-refractivity contribution >= 4 is 29.2 Å². The molecule has 36 heavy (non-hydrogen) atoms. The summed E-state index contributed by atoms with van der Waals surface area (Å²) in [6.07, 6.45) is 0. The maximum Gasteiger partial charge on any atom is 0.322 e. The Bertz CT molecular complexity index is 1420. The largest absolute Gasteiger partial charge is 0.457 e. The number of aromatic nitrogens is 1. The van der Waals surface area contributed by atoms with Gasteiger partial charge in [-0.3, -0.25) is 4.79 Å². The van der Waals surface area contributed by atoms with Gasteiger partial charge >= 0.3 is 6.03 Å². The molecule has 7 nitrogen and oxygen atoms in total. The van der Waals surface area contributed by atoms with Gasteiger partial charge < -0.3 is 25.3 Å². The zero-order valence-electron chi connectivity index (χ0n) is 19.1. The number of carbonyl (C=O) groups excluding carboxylic acids is 2. The van der Waals surface area contributed by atoms with Crippen molar-refractivity contribution in [1.29, 1.82) is 0 Å². The third-order valence-corrected chi connectivity index (χ3v) is 6.35. The molecule has 0 aliphatic carbocycles. The van der Waals surface area contributed by atoms with E-state index in [-0.39, 0.29) is 24.0 Å². The molecule has 3 aromatic carbocycles. The molecule has 3 N–H and O–H groups in total. The summed E-state index contributed by atoms with van der Waals surface area (Å²) in [6.45, 7) is 1.07. The van der Waals surface area contributed by atoms with Crippen molar-refractivity contribution in [1.82, 2.24) is 9.47 Å². The van der Waals surface area contributed by atoms with Crippen LogP contribution in [-0.2, 0) is 13.1 Å². The van der Waals surface area contributed by atoms with Crippen molar-refractivity contribution in [3.8, 4) is 22.8 Å². The Morgan fingerprint density at radius 3 is 2.19 bits per heavy atom. The SMILES string of the molecule is NC(=O)c1c(Cl)c(-c2ccccc2)n2c1CN(C(=O)Nc1ccc(Oc3ccc(F)cc3)cc1)CC2. The number of urea groups is 1. The lowest BCUT2D eigenvalue weighted by atomic mass is 10.1. The van der Waals surface area contributed by atoms with Gasteiger partial charge in [0.1, 0.15) is 17.3 Å². The van der Waals surface area contributed by atoms with Crippen molar-refractivity contribution in [2.45, 2.75) is 13.1 Å². The van der Waals surface area contributed by atoms with Crippen LogP contribution in [-0.4, -0.2) is 28.0 Å². The summed E-state index contributed by atoms with van der Waals surface area (Å²) in [6, 6.07) is 21.8. The summed E-state index contributed by atoms with van der Waals surface area (Å²) < 4.78 is 20.7. The van der Waals surface area contributed by atoms with Gasteiger partial charge in [-0.05, 0) is 54.1 Å². The molecule has 1 aliphatic heterocycles. The molecule has 3 amide bonds. The highest BCUT2D eigenvalue weighted by atomic mass is 35.5. The van der Waals surface area contributed by atoms with E-state index in [0.717, 1.165) is 11.3 Å². The molecule has 2 heterocycles. The van der Waals surface area contributed by atoms with Crippen LogP contribution in [0.15, 0.2) is 78.9 Å². The van der Waals surface area contributed by atoms with Gasteiger partial charge in [0.15, 0.2) is 0 Å². The Hall–Kier alpha value is -4.30.